The van der Waals surface area contributed by atoms with Crippen LogP contribution in [0.3, 0.4) is 0 Å². The number of rotatable bonds is 9. The van der Waals surface area contributed by atoms with Crippen LogP contribution in [0.1, 0.15) is 35.3 Å². The number of ether oxygens (including phenoxy) is 1. The summed E-state index contributed by atoms with van der Waals surface area (Å²) >= 11 is 1.51. The van der Waals surface area contributed by atoms with Gasteiger partial charge < -0.3 is 9.64 Å². The Morgan fingerprint density at radius 3 is 2.27 bits per heavy atom. The van der Waals surface area contributed by atoms with E-state index in [2.05, 4.69) is 44.7 Å². The summed E-state index contributed by atoms with van der Waals surface area (Å²) in [6.45, 7) is 12.8. The number of benzene rings is 2. The van der Waals surface area contributed by atoms with E-state index < -0.39 is 10.0 Å². The molecule has 0 radical (unpaired) electrons. The first-order valence-corrected chi connectivity index (χ1v) is 14.6. The van der Waals surface area contributed by atoms with E-state index in [-0.39, 0.29) is 23.2 Å². The van der Waals surface area contributed by atoms with Crippen molar-refractivity contribution in [2.75, 3.05) is 57.4 Å². The lowest BCUT2D eigenvalue weighted by Crippen LogP contribution is -2.40. The van der Waals surface area contributed by atoms with Gasteiger partial charge in [-0.25, -0.2) is 13.4 Å². The highest BCUT2D eigenvalue weighted by Crippen LogP contribution is 2.32. The van der Waals surface area contributed by atoms with Gasteiger partial charge in [0.05, 0.1) is 28.3 Å². The smallest absolute Gasteiger partial charge is 0.260 e. The maximum atomic E-state index is 13.7. The number of carbonyl (C=O) groups excluding carboxylic acids is 1. The summed E-state index contributed by atoms with van der Waals surface area (Å²) in [5, 5.41) is 0.650. The quantitative estimate of drug-likeness (QED) is 0.383. The molecule has 1 aliphatic rings. The van der Waals surface area contributed by atoms with Gasteiger partial charge in [0.15, 0.2) is 5.13 Å². The Kier molecular flexibility index (Phi) is 10.1. The Morgan fingerprint density at radius 2 is 1.65 bits per heavy atom. The summed E-state index contributed by atoms with van der Waals surface area (Å²) in [5.74, 6) is -0.190. The number of halogens is 1. The molecule has 11 heteroatoms. The zero-order valence-corrected chi connectivity index (χ0v) is 24.2. The summed E-state index contributed by atoms with van der Waals surface area (Å²) in [4.78, 5) is 22.7. The average Bonchev–Trinajstić information content (AvgIpc) is 3.29. The number of anilines is 1. The van der Waals surface area contributed by atoms with Crippen LogP contribution in [0.5, 0.6) is 0 Å². The standard InChI is InChI=1S/C26H34N4O4S2.ClH/c1-5-28(6-2)11-12-30(26-27-23-17-19(3)20(4)18-24(23)35-26)25(31)21-7-9-22(10-8-21)36(32,33)29-13-15-34-16-14-29;/h7-10,17-18H,5-6,11-16H2,1-4H3;1H. The number of aryl methyl sites for hydroxylation is 2. The Balaban J connectivity index is 0.00000380. The maximum absolute atomic E-state index is 13.7. The van der Waals surface area contributed by atoms with Crippen LogP contribution in [-0.2, 0) is 14.8 Å². The summed E-state index contributed by atoms with van der Waals surface area (Å²) < 4.78 is 33.7. The molecular weight excluding hydrogens is 532 g/mol. The number of sulfonamides is 1. The predicted molar refractivity (Wildman–Crippen MR) is 152 cm³/mol. The van der Waals surface area contributed by atoms with Crippen molar-refractivity contribution in [3.05, 3.63) is 53.1 Å². The van der Waals surface area contributed by atoms with Crippen LogP contribution in [0.15, 0.2) is 41.3 Å². The lowest BCUT2D eigenvalue weighted by atomic mass is 10.1. The van der Waals surface area contributed by atoms with Gasteiger partial charge in [0, 0.05) is 31.7 Å². The summed E-state index contributed by atoms with van der Waals surface area (Å²) in [5.41, 5.74) is 3.67. The summed E-state index contributed by atoms with van der Waals surface area (Å²) in [6.07, 6.45) is 0. The molecular formula is C26H35ClN4O4S2. The predicted octanol–water partition coefficient (Wildman–Crippen LogP) is 4.34. The van der Waals surface area contributed by atoms with E-state index in [1.54, 1.807) is 17.0 Å². The van der Waals surface area contributed by atoms with E-state index in [1.165, 1.54) is 33.3 Å². The first-order valence-electron chi connectivity index (χ1n) is 12.3. The molecule has 202 valence electrons. The molecule has 1 amide bonds. The fourth-order valence-corrected chi connectivity index (χ4v) is 6.69. The van der Waals surface area contributed by atoms with Gasteiger partial charge in [-0.2, -0.15) is 4.31 Å². The van der Waals surface area contributed by atoms with E-state index in [4.69, 9.17) is 9.72 Å². The van der Waals surface area contributed by atoms with Crippen molar-refractivity contribution in [2.45, 2.75) is 32.6 Å². The third kappa shape index (κ3) is 6.50. The molecule has 1 aliphatic heterocycles. The largest absolute Gasteiger partial charge is 0.379 e. The van der Waals surface area contributed by atoms with Gasteiger partial charge in [-0.1, -0.05) is 25.2 Å². The number of nitrogens with zero attached hydrogens (tertiary/aromatic N) is 4. The van der Waals surface area contributed by atoms with Crippen molar-refractivity contribution < 1.29 is 17.9 Å². The Bertz CT molecular complexity index is 1280. The van der Waals surface area contributed by atoms with Crippen LogP contribution in [0.4, 0.5) is 5.13 Å². The van der Waals surface area contributed by atoms with E-state index >= 15 is 0 Å². The second kappa shape index (κ2) is 12.6. The third-order valence-electron chi connectivity index (χ3n) is 6.71. The molecule has 3 aromatic rings. The number of aromatic nitrogens is 1. The molecule has 0 atom stereocenters. The van der Waals surface area contributed by atoms with Crippen molar-refractivity contribution in [3.8, 4) is 0 Å². The maximum Gasteiger partial charge on any atom is 0.260 e. The minimum Gasteiger partial charge on any atom is -0.379 e. The Morgan fingerprint density at radius 1 is 1.03 bits per heavy atom. The van der Waals surface area contributed by atoms with Crippen LogP contribution in [0.25, 0.3) is 10.2 Å². The van der Waals surface area contributed by atoms with Gasteiger partial charge in [-0.3, -0.25) is 9.69 Å². The first kappa shape index (κ1) is 29.5. The van der Waals surface area contributed by atoms with Gasteiger partial charge in [-0.05, 0) is 74.5 Å². The fourth-order valence-electron chi connectivity index (χ4n) is 4.21. The highest BCUT2D eigenvalue weighted by Gasteiger charge is 2.27. The zero-order valence-electron chi connectivity index (χ0n) is 21.8. The third-order valence-corrected chi connectivity index (χ3v) is 9.67. The topological polar surface area (TPSA) is 83.1 Å². The van der Waals surface area contributed by atoms with Crippen molar-refractivity contribution in [3.63, 3.8) is 0 Å². The Hall–Kier alpha value is -2.08. The summed E-state index contributed by atoms with van der Waals surface area (Å²) in [6, 6.07) is 10.4. The van der Waals surface area contributed by atoms with Gasteiger partial charge >= 0.3 is 0 Å². The van der Waals surface area contributed by atoms with Gasteiger partial charge in [0.2, 0.25) is 10.0 Å². The highest BCUT2D eigenvalue weighted by molar-refractivity contribution is 7.89. The molecule has 8 nitrogen and oxygen atoms in total. The molecule has 0 unspecified atom stereocenters. The van der Waals surface area contributed by atoms with Crippen LogP contribution in [-0.4, -0.2) is 81.0 Å². The van der Waals surface area contributed by atoms with E-state index in [9.17, 15) is 13.2 Å². The molecule has 37 heavy (non-hydrogen) atoms. The monoisotopic (exact) mass is 566 g/mol. The molecule has 0 N–H and O–H groups in total. The van der Waals surface area contributed by atoms with Gasteiger partial charge in [0.25, 0.3) is 5.91 Å². The molecule has 0 spiro atoms. The molecule has 0 aliphatic carbocycles. The molecule has 4 rings (SSSR count). The van der Waals surface area contributed by atoms with Crippen LogP contribution >= 0.6 is 23.7 Å². The number of likely N-dealkylation sites (N-methyl/N-ethyl adjacent to an activating group) is 1. The number of thiazole rings is 1. The lowest BCUT2D eigenvalue weighted by molar-refractivity contribution is 0.0730. The minimum absolute atomic E-state index is 0. The van der Waals surface area contributed by atoms with Gasteiger partial charge in [-0.15, -0.1) is 12.4 Å². The molecule has 1 fully saturated rings. The Labute approximate surface area is 229 Å². The molecule has 1 aromatic heterocycles. The van der Waals surface area contributed by atoms with Crippen LogP contribution in [0, 0.1) is 13.8 Å². The van der Waals surface area contributed by atoms with Crippen LogP contribution in [0.2, 0.25) is 0 Å². The number of hydrogen-bond donors (Lipinski definition) is 0. The number of hydrogen-bond acceptors (Lipinski definition) is 7. The lowest BCUT2D eigenvalue weighted by Gasteiger charge is -2.26. The first-order chi connectivity index (χ1) is 17.2. The molecule has 0 saturated carbocycles. The molecule has 0 bridgehead atoms. The SMILES string of the molecule is CCN(CC)CCN(C(=O)c1ccc(S(=O)(=O)N2CCOCC2)cc1)c1nc2cc(C)c(C)cc2s1.Cl. The summed E-state index contributed by atoms with van der Waals surface area (Å²) in [7, 11) is -3.62. The minimum atomic E-state index is -3.62. The number of fused-ring (bicyclic) bond motifs is 1. The molecule has 1 saturated heterocycles. The highest BCUT2D eigenvalue weighted by atomic mass is 35.5. The van der Waals surface area contributed by atoms with Crippen molar-refractivity contribution >= 4 is 55.0 Å². The van der Waals surface area contributed by atoms with E-state index in [1.807, 2.05) is 0 Å². The zero-order chi connectivity index (χ0) is 25.9. The number of morpholine rings is 1. The van der Waals surface area contributed by atoms with Crippen LogP contribution < -0.4 is 4.90 Å². The van der Waals surface area contributed by atoms with E-state index in [0.29, 0.717) is 43.5 Å². The second-order valence-corrected chi connectivity index (χ2v) is 11.9. The fraction of sp³-hybridized carbons (Fsp3) is 0.462. The van der Waals surface area contributed by atoms with Crippen molar-refractivity contribution in [2.24, 2.45) is 0 Å². The van der Waals surface area contributed by atoms with E-state index in [0.717, 1.165) is 35.4 Å². The molecule has 2 heterocycles. The van der Waals surface area contributed by atoms with Crippen molar-refractivity contribution in [1.29, 1.82) is 0 Å². The second-order valence-electron chi connectivity index (χ2n) is 8.93. The van der Waals surface area contributed by atoms with Crippen molar-refractivity contribution in [1.82, 2.24) is 14.2 Å². The number of carbonyl (C=O) groups is 1. The normalized spacial score (nSPS) is 14.6. The molecule has 2 aromatic carbocycles. The van der Waals surface area contributed by atoms with Gasteiger partial charge in [0.1, 0.15) is 0 Å². The number of amides is 1. The average molecular weight is 567 g/mol.